The molecule has 74 valence electrons. The average Bonchev–Trinajstić information content (AvgIpc) is 2.82. The molecule has 0 saturated heterocycles. The van der Waals surface area contributed by atoms with E-state index < -0.39 is 0 Å². The molecule has 3 heterocycles. The van der Waals surface area contributed by atoms with E-state index in [2.05, 4.69) is 4.98 Å². The second-order valence-electron chi connectivity index (χ2n) is 3.36. The van der Waals surface area contributed by atoms with Gasteiger partial charge in [-0.15, -0.1) is 0 Å². The van der Waals surface area contributed by atoms with Gasteiger partial charge in [0.1, 0.15) is 11.5 Å². The normalized spacial score (nSPS) is 10.9. The monoisotopic (exact) mass is 198 g/mol. The van der Waals surface area contributed by atoms with Crippen LogP contribution in [0.15, 0.2) is 49.1 Å². The first kappa shape index (κ1) is 8.11. The van der Waals surface area contributed by atoms with Crippen molar-refractivity contribution in [1.29, 1.82) is 0 Å². The SMILES string of the molecule is Nc1cc2ncccn2c1-n1cccc1. The van der Waals surface area contributed by atoms with E-state index in [0.717, 1.165) is 17.2 Å². The molecule has 0 unspecified atom stereocenters. The van der Waals surface area contributed by atoms with Gasteiger partial charge in [0.05, 0.1) is 5.69 Å². The summed E-state index contributed by atoms with van der Waals surface area (Å²) in [6.45, 7) is 0. The maximum Gasteiger partial charge on any atom is 0.146 e. The second-order valence-corrected chi connectivity index (χ2v) is 3.36. The van der Waals surface area contributed by atoms with Crippen LogP contribution >= 0.6 is 0 Å². The lowest BCUT2D eigenvalue weighted by atomic mass is 10.5. The highest BCUT2D eigenvalue weighted by Crippen LogP contribution is 2.21. The van der Waals surface area contributed by atoms with Crippen molar-refractivity contribution in [3.63, 3.8) is 0 Å². The van der Waals surface area contributed by atoms with Gasteiger partial charge in [0, 0.05) is 30.9 Å². The molecule has 0 atom stereocenters. The van der Waals surface area contributed by atoms with E-state index in [9.17, 15) is 0 Å². The van der Waals surface area contributed by atoms with E-state index in [1.54, 1.807) is 6.20 Å². The van der Waals surface area contributed by atoms with Crippen molar-refractivity contribution in [2.45, 2.75) is 0 Å². The highest BCUT2D eigenvalue weighted by atomic mass is 15.1. The zero-order valence-corrected chi connectivity index (χ0v) is 8.04. The third-order valence-electron chi connectivity index (χ3n) is 2.39. The number of anilines is 1. The minimum atomic E-state index is 0.727. The molecule has 0 saturated carbocycles. The Balaban J connectivity index is 2.39. The van der Waals surface area contributed by atoms with Crippen molar-refractivity contribution in [2.24, 2.45) is 0 Å². The summed E-state index contributed by atoms with van der Waals surface area (Å²) in [5.74, 6) is 0.933. The molecule has 3 rings (SSSR count). The molecule has 2 N–H and O–H groups in total. The Hall–Kier alpha value is -2.23. The zero-order valence-electron chi connectivity index (χ0n) is 8.04. The highest BCUT2D eigenvalue weighted by Gasteiger charge is 2.08. The lowest BCUT2D eigenvalue weighted by Crippen LogP contribution is -1.99. The average molecular weight is 198 g/mol. The lowest BCUT2D eigenvalue weighted by Gasteiger charge is -2.04. The maximum atomic E-state index is 5.96. The summed E-state index contributed by atoms with van der Waals surface area (Å²) >= 11 is 0. The van der Waals surface area contributed by atoms with Crippen LogP contribution in [0.3, 0.4) is 0 Å². The van der Waals surface area contributed by atoms with E-state index in [1.165, 1.54) is 0 Å². The third-order valence-corrected chi connectivity index (χ3v) is 2.39. The largest absolute Gasteiger partial charge is 0.396 e. The quantitative estimate of drug-likeness (QED) is 0.647. The van der Waals surface area contributed by atoms with Crippen LogP contribution in [-0.2, 0) is 0 Å². The summed E-state index contributed by atoms with van der Waals surface area (Å²) < 4.78 is 3.94. The maximum absolute atomic E-state index is 5.96. The summed E-state index contributed by atoms with van der Waals surface area (Å²) in [7, 11) is 0. The van der Waals surface area contributed by atoms with E-state index in [4.69, 9.17) is 5.73 Å². The molecule has 0 radical (unpaired) electrons. The number of nitrogens with two attached hydrogens (primary N) is 1. The highest BCUT2D eigenvalue weighted by molar-refractivity contribution is 5.66. The van der Waals surface area contributed by atoms with Crippen LogP contribution in [0, 0.1) is 0 Å². The van der Waals surface area contributed by atoms with Crippen LogP contribution in [0.5, 0.6) is 0 Å². The first-order valence-electron chi connectivity index (χ1n) is 4.71. The molecule has 3 aromatic heterocycles. The van der Waals surface area contributed by atoms with Gasteiger partial charge in [-0.3, -0.25) is 4.40 Å². The van der Waals surface area contributed by atoms with E-state index in [1.807, 2.05) is 51.8 Å². The number of hydrogen-bond donors (Lipinski definition) is 1. The van der Waals surface area contributed by atoms with Crippen LogP contribution < -0.4 is 5.73 Å². The molecule has 0 spiro atoms. The Morgan fingerprint density at radius 3 is 2.67 bits per heavy atom. The molecule has 0 aromatic carbocycles. The van der Waals surface area contributed by atoms with Crippen LogP contribution in [0.25, 0.3) is 11.5 Å². The van der Waals surface area contributed by atoms with Crippen molar-refractivity contribution in [3.8, 4) is 5.82 Å². The first-order chi connectivity index (χ1) is 7.36. The van der Waals surface area contributed by atoms with Crippen LogP contribution in [-0.4, -0.2) is 14.0 Å². The Bertz CT molecular complexity index is 592. The fourth-order valence-corrected chi connectivity index (χ4v) is 1.76. The van der Waals surface area contributed by atoms with E-state index in [-0.39, 0.29) is 0 Å². The van der Waals surface area contributed by atoms with Gasteiger partial charge in [0.2, 0.25) is 0 Å². The molecular formula is C11H10N4. The topological polar surface area (TPSA) is 48.2 Å². The van der Waals surface area contributed by atoms with Crippen LogP contribution in [0.4, 0.5) is 5.69 Å². The predicted octanol–water partition coefficient (Wildman–Crippen LogP) is 1.71. The Labute approximate surface area is 86.6 Å². The number of fused-ring (bicyclic) bond motifs is 1. The number of nitrogens with zero attached hydrogens (tertiary/aromatic N) is 3. The summed E-state index contributed by atoms with van der Waals surface area (Å²) in [6.07, 6.45) is 7.64. The summed E-state index contributed by atoms with van der Waals surface area (Å²) in [6, 6.07) is 7.69. The van der Waals surface area contributed by atoms with Crippen LogP contribution in [0.1, 0.15) is 0 Å². The van der Waals surface area contributed by atoms with Gasteiger partial charge >= 0.3 is 0 Å². The standard InChI is InChI=1S/C11H10N4/c12-9-8-10-13-4-3-7-15(10)11(9)14-5-1-2-6-14/h1-8H,12H2. The van der Waals surface area contributed by atoms with E-state index in [0.29, 0.717) is 0 Å². The number of rotatable bonds is 1. The fourth-order valence-electron chi connectivity index (χ4n) is 1.76. The first-order valence-corrected chi connectivity index (χ1v) is 4.71. The molecule has 3 aromatic rings. The van der Waals surface area contributed by atoms with Gasteiger partial charge in [0.25, 0.3) is 0 Å². The smallest absolute Gasteiger partial charge is 0.146 e. The lowest BCUT2D eigenvalue weighted by molar-refractivity contribution is 0.970. The van der Waals surface area contributed by atoms with Gasteiger partial charge in [-0.1, -0.05) is 0 Å². The molecular weight excluding hydrogens is 188 g/mol. The van der Waals surface area contributed by atoms with Gasteiger partial charge in [0.15, 0.2) is 0 Å². The van der Waals surface area contributed by atoms with E-state index >= 15 is 0 Å². The molecule has 0 fully saturated rings. The van der Waals surface area contributed by atoms with Crippen molar-refractivity contribution in [1.82, 2.24) is 14.0 Å². The molecule has 4 heteroatoms. The molecule has 0 aliphatic carbocycles. The molecule has 0 aliphatic rings. The summed E-state index contributed by atoms with van der Waals surface area (Å²) in [5, 5.41) is 0. The zero-order chi connectivity index (χ0) is 10.3. The Morgan fingerprint density at radius 2 is 1.87 bits per heavy atom. The predicted molar refractivity (Wildman–Crippen MR) is 58.9 cm³/mol. The number of aromatic nitrogens is 3. The third kappa shape index (κ3) is 1.11. The van der Waals surface area contributed by atoms with Gasteiger partial charge in [-0.25, -0.2) is 4.98 Å². The molecule has 0 bridgehead atoms. The van der Waals surface area contributed by atoms with Gasteiger partial charge < -0.3 is 10.3 Å². The molecule has 0 amide bonds. The molecule has 4 nitrogen and oxygen atoms in total. The number of nitrogen functional groups attached to an aromatic ring is 1. The van der Waals surface area contributed by atoms with Crippen molar-refractivity contribution in [2.75, 3.05) is 5.73 Å². The summed E-state index contributed by atoms with van der Waals surface area (Å²) in [4.78, 5) is 4.24. The number of hydrogen-bond acceptors (Lipinski definition) is 2. The molecule has 15 heavy (non-hydrogen) atoms. The summed E-state index contributed by atoms with van der Waals surface area (Å²) in [5.41, 5.74) is 7.55. The molecule has 0 aliphatic heterocycles. The van der Waals surface area contributed by atoms with Crippen molar-refractivity contribution >= 4 is 11.3 Å². The fraction of sp³-hybridized carbons (Fsp3) is 0. The van der Waals surface area contributed by atoms with Gasteiger partial charge in [-0.05, 0) is 18.2 Å². The van der Waals surface area contributed by atoms with Crippen LogP contribution in [0.2, 0.25) is 0 Å². The van der Waals surface area contributed by atoms with Gasteiger partial charge in [-0.2, -0.15) is 0 Å². The van der Waals surface area contributed by atoms with Crippen molar-refractivity contribution in [3.05, 3.63) is 49.1 Å². The Morgan fingerprint density at radius 1 is 1.07 bits per heavy atom. The van der Waals surface area contributed by atoms with Crippen molar-refractivity contribution < 1.29 is 0 Å². The second kappa shape index (κ2) is 2.88. The minimum Gasteiger partial charge on any atom is -0.396 e. The Kier molecular flexibility index (Phi) is 1.56. The minimum absolute atomic E-state index is 0.727.